The molecule has 1 amide bonds. The highest BCUT2D eigenvalue weighted by Crippen LogP contribution is 2.33. The molecule has 6 heteroatoms. The summed E-state index contributed by atoms with van der Waals surface area (Å²) in [4.78, 5) is 25.2. The molecule has 1 aliphatic carbocycles. The van der Waals surface area contributed by atoms with Gasteiger partial charge in [0.1, 0.15) is 5.54 Å². The number of aliphatic hydroxyl groups is 1. The van der Waals surface area contributed by atoms with Crippen LogP contribution in [0, 0.1) is 12.8 Å². The van der Waals surface area contributed by atoms with Gasteiger partial charge in [0.2, 0.25) is 5.91 Å². The third-order valence-corrected chi connectivity index (χ3v) is 5.88. The Morgan fingerprint density at radius 2 is 2.00 bits per heavy atom. The van der Waals surface area contributed by atoms with Gasteiger partial charge in [0, 0.05) is 11.1 Å². The number of amides is 1. The van der Waals surface area contributed by atoms with E-state index in [-0.39, 0.29) is 24.9 Å². The first kappa shape index (κ1) is 20.9. The summed E-state index contributed by atoms with van der Waals surface area (Å²) >= 11 is 3.50. The summed E-state index contributed by atoms with van der Waals surface area (Å²) in [5, 5.41) is 12.3. The second-order valence-electron chi connectivity index (χ2n) is 7.14. The Bertz CT molecular complexity index is 666. The molecule has 2 rings (SSSR count). The highest BCUT2D eigenvalue weighted by atomic mass is 79.9. The number of halogens is 1. The van der Waals surface area contributed by atoms with Crippen molar-refractivity contribution in [2.24, 2.45) is 5.92 Å². The molecule has 1 saturated carbocycles. The molecule has 1 aliphatic rings. The summed E-state index contributed by atoms with van der Waals surface area (Å²) in [6.07, 6.45) is 3.47. The van der Waals surface area contributed by atoms with E-state index in [1.165, 1.54) is 7.11 Å². The van der Waals surface area contributed by atoms with E-state index in [0.717, 1.165) is 27.6 Å². The molecule has 144 valence electrons. The number of hydrogen-bond acceptors (Lipinski definition) is 4. The molecule has 0 bridgehead atoms. The lowest BCUT2D eigenvalue weighted by atomic mass is 9.76. The van der Waals surface area contributed by atoms with Gasteiger partial charge in [0.05, 0.1) is 13.5 Å². The average molecular weight is 426 g/mol. The van der Waals surface area contributed by atoms with E-state index >= 15 is 0 Å². The molecular weight excluding hydrogens is 398 g/mol. The highest BCUT2D eigenvalue weighted by molar-refractivity contribution is 9.10. The number of nitrogens with one attached hydrogen (secondary N) is 1. The molecule has 1 aromatic rings. The predicted molar refractivity (Wildman–Crippen MR) is 104 cm³/mol. The van der Waals surface area contributed by atoms with Gasteiger partial charge in [-0.25, -0.2) is 4.79 Å². The van der Waals surface area contributed by atoms with Crippen molar-refractivity contribution >= 4 is 27.8 Å². The van der Waals surface area contributed by atoms with Crippen LogP contribution >= 0.6 is 15.9 Å². The van der Waals surface area contributed by atoms with Crippen molar-refractivity contribution in [1.29, 1.82) is 0 Å². The normalized spacial score (nSPS) is 22.7. The fraction of sp³-hybridized carbons (Fsp3) is 0.600. The molecule has 0 aromatic heterocycles. The smallest absolute Gasteiger partial charge is 0.331 e. The first-order valence-electron chi connectivity index (χ1n) is 9.13. The van der Waals surface area contributed by atoms with Gasteiger partial charge in [-0.15, -0.1) is 0 Å². The van der Waals surface area contributed by atoms with E-state index in [0.29, 0.717) is 25.7 Å². The lowest BCUT2D eigenvalue weighted by molar-refractivity contribution is -0.153. The molecule has 1 fully saturated rings. The number of methoxy groups -OCH3 is 1. The van der Waals surface area contributed by atoms with E-state index in [1.807, 2.05) is 19.1 Å². The van der Waals surface area contributed by atoms with Gasteiger partial charge in [-0.1, -0.05) is 22.9 Å². The second-order valence-corrected chi connectivity index (χ2v) is 8.05. The maximum atomic E-state index is 12.8. The molecule has 0 atom stereocenters. The fourth-order valence-corrected chi connectivity index (χ4v) is 4.43. The van der Waals surface area contributed by atoms with Crippen molar-refractivity contribution in [3.8, 4) is 0 Å². The minimum atomic E-state index is -0.979. The minimum Gasteiger partial charge on any atom is -0.467 e. The zero-order valence-electron chi connectivity index (χ0n) is 15.7. The molecule has 0 saturated heterocycles. The van der Waals surface area contributed by atoms with Crippen molar-refractivity contribution in [1.82, 2.24) is 5.32 Å². The maximum absolute atomic E-state index is 12.8. The van der Waals surface area contributed by atoms with Crippen LogP contribution in [0.4, 0.5) is 0 Å². The maximum Gasteiger partial charge on any atom is 0.331 e. The van der Waals surface area contributed by atoms with Gasteiger partial charge in [0.15, 0.2) is 0 Å². The van der Waals surface area contributed by atoms with Crippen LogP contribution in [0.3, 0.4) is 0 Å². The number of carbonyl (C=O) groups is 2. The standard InChI is InChI=1S/C20H28BrNO4/c1-4-15-10-16(21)9-13(2)17(15)11-18(24)22-20(19(25)26-3)7-5-14(12-23)6-8-20/h9-10,14,23H,4-8,11-12H2,1-3H3,(H,22,24)/t14-,20+. The first-order chi connectivity index (χ1) is 12.3. The van der Waals surface area contributed by atoms with Crippen LogP contribution in [0.2, 0.25) is 0 Å². The highest BCUT2D eigenvalue weighted by Gasteiger charge is 2.44. The summed E-state index contributed by atoms with van der Waals surface area (Å²) in [7, 11) is 1.35. The Kier molecular flexibility index (Phi) is 7.24. The molecule has 5 nitrogen and oxygen atoms in total. The monoisotopic (exact) mass is 425 g/mol. The average Bonchev–Trinajstić information content (AvgIpc) is 2.63. The first-order valence-corrected chi connectivity index (χ1v) is 9.92. The third-order valence-electron chi connectivity index (χ3n) is 5.42. The molecule has 2 N–H and O–H groups in total. The SMILES string of the molecule is CCc1cc(Br)cc(C)c1CC(=O)N[C@]1(C(=O)OC)CC[C@H](CO)CC1. The molecular formula is C20H28BrNO4. The Labute approximate surface area is 163 Å². The zero-order chi connectivity index (χ0) is 19.3. The number of carbonyl (C=O) groups excluding carboxylic acids is 2. The van der Waals surface area contributed by atoms with Gasteiger partial charge in [-0.2, -0.15) is 0 Å². The summed E-state index contributed by atoms with van der Waals surface area (Å²) in [5.74, 6) is -0.381. The topological polar surface area (TPSA) is 75.6 Å². The van der Waals surface area contributed by atoms with Crippen molar-refractivity contribution in [3.63, 3.8) is 0 Å². The predicted octanol–water partition coefficient (Wildman–Crippen LogP) is 3.07. The number of rotatable bonds is 6. The lowest BCUT2D eigenvalue weighted by Gasteiger charge is -2.38. The molecule has 0 radical (unpaired) electrons. The van der Waals surface area contributed by atoms with Crippen LogP contribution in [0.25, 0.3) is 0 Å². The number of esters is 1. The van der Waals surface area contributed by atoms with Gasteiger partial charge < -0.3 is 15.2 Å². The minimum absolute atomic E-state index is 0.114. The Balaban J connectivity index is 2.17. The van der Waals surface area contributed by atoms with Gasteiger partial charge >= 0.3 is 5.97 Å². The molecule has 0 aliphatic heterocycles. The van der Waals surface area contributed by atoms with Crippen molar-refractivity contribution < 1.29 is 19.4 Å². The Morgan fingerprint density at radius 1 is 1.35 bits per heavy atom. The quantitative estimate of drug-likeness (QED) is 0.686. The fourth-order valence-electron chi connectivity index (χ4n) is 3.81. The second kappa shape index (κ2) is 9.00. The molecule has 26 heavy (non-hydrogen) atoms. The van der Waals surface area contributed by atoms with Crippen molar-refractivity contribution in [2.75, 3.05) is 13.7 Å². The van der Waals surface area contributed by atoms with Crippen LogP contribution in [-0.4, -0.2) is 36.2 Å². The molecule has 1 aromatic carbocycles. The van der Waals surface area contributed by atoms with Crippen LogP contribution in [0.1, 0.15) is 49.3 Å². The zero-order valence-corrected chi connectivity index (χ0v) is 17.3. The summed E-state index contributed by atoms with van der Waals surface area (Å²) in [5.41, 5.74) is 2.22. The molecule has 0 spiro atoms. The summed E-state index contributed by atoms with van der Waals surface area (Å²) in [6, 6.07) is 4.04. The Hall–Kier alpha value is -1.40. The number of aliphatic hydroxyl groups excluding tert-OH is 1. The number of benzene rings is 1. The van der Waals surface area contributed by atoms with Crippen molar-refractivity contribution in [2.45, 2.75) is 57.9 Å². The lowest BCUT2D eigenvalue weighted by Crippen LogP contribution is -2.57. The Morgan fingerprint density at radius 3 is 2.54 bits per heavy atom. The number of ether oxygens (including phenoxy) is 1. The third kappa shape index (κ3) is 4.65. The largest absolute Gasteiger partial charge is 0.467 e. The van der Waals surface area contributed by atoms with Crippen LogP contribution in [0.15, 0.2) is 16.6 Å². The van der Waals surface area contributed by atoms with Crippen LogP contribution in [0.5, 0.6) is 0 Å². The van der Waals surface area contributed by atoms with Crippen LogP contribution in [-0.2, 0) is 27.2 Å². The van der Waals surface area contributed by atoms with Gasteiger partial charge in [-0.05, 0) is 73.8 Å². The van der Waals surface area contributed by atoms with Gasteiger partial charge in [0.25, 0.3) is 0 Å². The molecule has 0 unspecified atom stereocenters. The number of aryl methyl sites for hydroxylation is 2. The van der Waals surface area contributed by atoms with Gasteiger partial charge in [-0.3, -0.25) is 4.79 Å². The van der Waals surface area contributed by atoms with E-state index in [9.17, 15) is 14.7 Å². The van der Waals surface area contributed by atoms with E-state index in [4.69, 9.17) is 4.74 Å². The van der Waals surface area contributed by atoms with E-state index in [2.05, 4.69) is 28.2 Å². The van der Waals surface area contributed by atoms with Crippen LogP contribution < -0.4 is 5.32 Å². The van der Waals surface area contributed by atoms with E-state index < -0.39 is 11.5 Å². The summed E-state index contributed by atoms with van der Waals surface area (Å²) < 4.78 is 5.98. The number of hydrogen-bond donors (Lipinski definition) is 2. The van der Waals surface area contributed by atoms with E-state index in [1.54, 1.807) is 0 Å². The summed E-state index contributed by atoms with van der Waals surface area (Å²) in [6.45, 7) is 4.17. The molecule has 0 heterocycles. The van der Waals surface area contributed by atoms with Crippen molar-refractivity contribution in [3.05, 3.63) is 33.3 Å².